The van der Waals surface area contributed by atoms with Crippen LogP contribution in [0, 0.1) is 0 Å². The first kappa shape index (κ1) is 12.9. The number of nitrogens with one attached hydrogen (secondary N) is 1. The van der Waals surface area contributed by atoms with Crippen LogP contribution in [-0.4, -0.2) is 15.2 Å². The Morgan fingerprint density at radius 2 is 1.65 bits per heavy atom. The minimum atomic E-state index is 0.713. The monoisotopic (exact) mass is 283 g/mol. The van der Waals surface area contributed by atoms with E-state index in [0.717, 1.165) is 24.2 Å². The molecular formula is C16H14ClN3. The van der Waals surface area contributed by atoms with E-state index in [-0.39, 0.29) is 0 Å². The van der Waals surface area contributed by atoms with Crippen LogP contribution in [0.25, 0.3) is 11.4 Å². The third-order valence-corrected chi connectivity index (χ3v) is 3.38. The van der Waals surface area contributed by atoms with E-state index in [9.17, 15) is 0 Å². The molecule has 3 aromatic rings. The van der Waals surface area contributed by atoms with Gasteiger partial charge in [-0.25, -0.2) is 4.98 Å². The molecule has 0 saturated heterocycles. The number of hydrogen-bond donors (Lipinski definition) is 1. The minimum Gasteiger partial charge on any atom is -0.263 e. The summed E-state index contributed by atoms with van der Waals surface area (Å²) < 4.78 is 0. The lowest BCUT2D eigenvalue weighted by atomic mass is 10.1. The molecule has 0 aliphatic heterocycles. The summed E-state index contributed by atoms with van der Waals surface area (Å²) in [6, 6.07) is 17.9. The first-order chi connectivity index (χ1) is 9.81. The fraction of sp³-hybridized carbons (Fsp3) is 0.125. The second kappa shape index (κ2) is 5.88. The molecule has 1 aromatic heterocycles. The van der Waals surface area contributed by atoms with Crippen molar-refractivity contribution in [2.45, 2.75) is 12.8 Å². The molecule has 0 atom stereocenters. The maximum Gasteiger partial charge on any atom is 0.181 e. The molecule has 3 nitrogen and oxygen atoms in total. The number of H-pyrrole nitrogens is 1. The molecule has 0 fully saturated rings. The summed E-state index contributed by atoms with van der Waals surface area (Å²) in [7, 11) is 0. The Hall–Kier alpha value is -2.13. The van der Waals surface area contributed by atoms with Gasteiger partial charge >= 0.3 is 0 Å². The van der Waals surface area contributed by atoms with Crippen molar-refractivity contribution in [2.75, 3.05) is 0 Å². The molecule has 100 valence electrons. The number of aryl methyl sites for hydroxylation is 2. The van der Waals surface area contributed by atoms with Gasteiger partial charge in [0.15, 0.2) is 5.82 Å². The van der Waals surface area contributed by atoms with Crippen LogP contribution in [0.15, 0.2) is 54.6 Å². The van der Waals surface area contributed by atoms with Crippen molar-refractivity contribution in [3.8, 4) is 11.4 Å². The maximum absolute atomic E-state index is 5.87. The summed E-state index contributed by atoms with van der Waals surface area (Å²) in [4.78, 5) is 4.52. The van der Waals surface area contributed by atoms with E-state index < -0.39 is 0 Å². The number of aromatic nitrogens is 3. The Kier molecular flexibility index (Phi) is 3.79. The molecule has 0 amide bonds. The molecule has 0 bridgehead atoms. The van der Waals surface area contributed by atoms with Crippen LogP contribution in [0.4, 0.5) is 0 Å². The number of aromatic amines is 1. The molecule has 4 heteroatoms. The zero-order valence-corrected chi connectivity index (χ0v) is 11.6. The van der Waals surface area contributed by atoms with Crippen LogP contribution in [0.3, 0.4) is 0 Å². The topological polar surface area (TPSA) is 41.6 Å². The summed E-state index contributed by atoms with van der Waals surface area (Å²) in [5.41, 5.74) is 2.27. The normalized spacial score (nSPS) is 10.7. The summed E-state index contributed by atoms with van der Waals surface area (Å²) >= 11 is 5.87. The number of nitrogens with zero attached hydrogens (tertiary/aromatic N) is 2. The molecule has 0 radical (unpaired) electrons. The van der Waals surface area contributed by atoms with Crippen molar-refractivity contribution in [3.05, 3.63) is 71.0 Å². The SMILES string of the molecule is Clc1ccc(-c2n[nH]c(CCc3ccccc3)n2)cc1. The van der Waals surface area contributed by atoms with Crippen LogP contribution in [0.2, 0.25) is 5.02 Å². The van der Waals surface area contributed by atoms with Crippen molar-refractivity contribution in [1.82, 2.24) is 15.2 Å². The Morgan fingerprint density at radius 3 is 2.40 bits per heavy atom. The number of hydrogen-bond acceptors (Lipinski definition) is 2. The van der Waals surface area contributed by atoms with Crippen molar-refractivity contribution in [1.29, 1.82) is 0 Å². The standard InChI is InChI=1S/C16H14ClN3/c17-14-9-7-13(8-10-14)16-18-15(19-20-16)11-6-12-4-2-1-3-5-12/h1-5,7-10H,6,11H2,(H,18,19,20). The highest BCUT2D eigenvalue weighted by Crippen LogP contribution is 2.18. The summed E-state index contributed by atoms with van der Waals surface area (Å²) in [5, 5.41) is 7.96. The first-order valence-electron chi connectivity index (χ1n) is 6.52. The van der Waals surface area contributed by atoms with Gasteiger partial charge in [0.2, 0.25) is 0 Å². The Balaban J connectivity index is 1.69. The van der Waals surface area contributed by atoms with Gasteiger partial charge in [-0.05, 0) is 36.2 Å². The van der Waals surface area contributed by atoms with Crippen LogP contribution < -0.4 is 0 Å². The molecular weight excluding hydrogens is 270 g/mol. The van der Waals surface area contributed by atoms with Gasteiger partial charge in [0.05, 0.1) is 0 Å². The van der Waals surface area contributed by atoms with Crippen molar-refractivity contribution < 1.29 is 0 Å². The van der Waals surface area contributed by atoms with E-state index in [1.807, 2.05) is 30.3 Å². The predicted molar refractivity (Wildman–Crippen MR) is 80.7 cm³/mol. The summed E-state index contributed by atoms with van der Waals surface area (Å²) in [6.45, 7) is 0. The van der Waals surface area contributed by atoms with Crippen LogP contribution >= 0.6 is 11.6 Å². The van der Waals surface area contributed by atoms with E-state index in [2.05, 4.69) is 39.4 Å². The summed E-state index contributed by atoms with van der Waals surface area (Å²) in [5.74, 6) is 1.61. The Morgan fingerprint density at radius 1 is 0.900 bits per heavy atom. The average Bonchev–Trinajstić information content (AvgIpc) is 2.96. The fourth-order valence-electron chi connectivity index (χ4n) is 2.04. The van der Waals surface area contributed by atoms with Gasteiger partial charge < -0.3 is 0 Å². The zero-order chi connectivity index (χ0) is 13.8. The zero-order valence-electron chi connectivity index (χ0n) is 10.9. The second-order valence-electron chi connectivity index (χ2n) is 4.60. The molecule has 1 heterocycles. The van der Waals surface area contributed by atoms with Gasteiger partial charge in [0.25, 0.3) is 0 Å². The van der Waals surface area contributed by atoms with Gasteiger partial charge in [-0.1, -0.05) is 41.9 Å². The lowest BCUT2D eigenvalue weighted by molar-refractivity contribution is 0.865. The van der Waals surface area contributed by atoms with Crippen LogP contribution in [0.1, 0.15) is 11.4 Å². The molecule has 0 spiro atoms. The van der Waals surface area contributed by atoms with Crippen LogP contribution in [0.5, 0.6) is 0 Å². The number of rotatable bonds is 4. The van der Waals surface area contributed by atoms with Gasteiger partial charge in [-0.15, -0.1) is 0 Å². The van der Waals surface area contributed by atoms with Gasteiger partial charge in [0, 0.05) is 17.0 Å². The van der Waals surface area contributed by atoms with E-state index in [0.29, 0.717) is 10.8 Å². The molecule has 0 aliphatic rings. The maximum atomic E-state index is 5.87. The molecule has 3 rings (SSSR count). The van der Waals surface area contributed by atoms with Gasteiger partial charge in [-0.2, -0.15) is 5.10 Å². The molecule has 1 N–H and O–H groups in total. The minimum absolute atomic E-state index is 0.713. The second-order valence-corrected chi connectivity index (χ2v) is 5.03. The van der Waals surface area contributed by atoms with E-state index in [4.69, 9.17) is 11.6 Å². The molecule has 20 heavy (non-hydrogen) atoms. The van der Waals surface area contributed by atoms with Crippen LogP contribution in [-0.2, 0) is 12.8 Å². The average molecular weight is 284 g/mol. The lowest BCUT2D eigenvalue weighted by Crippen LogP contribution is -1.93. The fourth-order valence-corrected chi connectivity index (χ4v) is 2.17. The van der Waals surface area contributed by atoms with Gasteiger partial charge in [0.1, 0.15) is 5.82 Å². The molecule has 0 unspecified atom stereocenters. The smallest absolute Gasteiger partial charge is 0.181 e. The quantitative estimate of drug-likeness (QED) is 0.789. The lowest BCUT2D eigenvalue weighted by Gasteiger charge is -1.97. The van der Waals surface area contributed by atoms with Crippen molar-refractivity contribution >= 4 is 11.6 Å². The Labute approximate surface area is 122 Å². The third kappa shape index (κ3) is 3.06. The van der Waals surface area contributed by atoms with Crippen molar-refractivity contribution in [2.24, 2.45) is 0 Å². The first-order valence-corrected chi connectivity index (χ1v) is 6.90. The van der Waals surface area contributed by atoms with E-state index in [1.165, 1.54) is 5.56 Å². The molecule has 2 aromatic carbocycles. The molecule has 0 saturated carbocycles. The highest BCUT2D eigenvalue weighted by molar-refractivity contribution is 6.30. The number of halogens is 1. The Bertz CT molecular complexity index is 674. The highest BCUT2D eigenvalue weighted by Gasteiger charge is 2.06. The largest absolute Gasteiger partial charge is 0.263 e. The van der Waals surface area contributed by atoms with Crippen molar-refractivity contribution in [3.63, 3.8) is 0 Å². The van der Waals surface area contributed by atoms with E-state index in [1.54, 1.807) is 0 Å². The number of benzene rings is 2. The predicted octanol–water partition coefficient (Wildman–Crippen LogP) is 3.91. The highest BCUT2D eigenvalue weighted by atomic mass is 35.5. The molecule has 0 aliphatic carbocycles. The van der Waals surface area contributed by atoms with E-state index >= 15 is 0 Å². The summed E-state index contributed by atoms with van der Waals surface area (Å²) in [6.07, 6.45) is 1.81. The third-order valence-electron chi connectivity index (χ3n) is 3.13. The van der Waals surface area contributed by atoms with Gasteiger partial charge in [-0.3, -0.25) is 5.10 Å².